The van der Waals surface area contributed by atoms with Crippen LogP contribution in [0.3, 0.4) is 0 Å². The van der Waals surface area contributed by atoms with Gasteiger partial charge in [-0.3, -0.25) is 4.55 Å². The largest absolute Gasteiger partial charge is 1.00 e. The van der Waals surface area contributed by atoms with Gasteiger partial charge in [-0.05, 0) is 18.2 Å². The second-order valence-corrected chi connectivity index (χ2v) is 3.86. The Labute approximate surface area is 128 Å². The van der Waals surface area contributed by atoms with Gasteiger partial charge in [0.05, 0.1) is 10.9 Å². The first-order valence-corrected chi connectivity index (χ1v) is 4.78. The molecule has 1 aromatic carbocycles. The van der Waals surface area contributed by atoms with Gasteiger partial charge < -0.3 is 15.0 Å². The van der Waals surface area contributed by atoms with Crippen molar-refractivity contribution in [2.75, 3.05) is 0 Å². The molecule has 0 saturated carbocycles. The topological polar surface area (TPSA) is 115 Å². The third kappa shape index (κ3) is 3.83. The van der Waals surface area contributed by atoms with Gasteiger partial charge in [0.2, 0.25) is 0 Å². The Balaban J connectivity index is 0.00000196. The number of carboxylic acids is 1. The van der Waals surface area contributed by atoms with Crippen LogP contribution in [0.15, 0.2) is 23.1 Å². The zero-order chi connectivity index (χ0) is 10.9. The van der Waals surface area contributed by atoms with Crippen molar-refractivity contribution in [1.29, 1.82) is 0 Å². The van der Waals surface area contributed by atoms with Crippen LogP contribution in [0.2, 0.25) is 0 Å². The van der Waals surface area contributed by atoms with Crippen LogP contribution < -0.4 is 56.5 Å². The Hall–Kier alpha value is 0.0364. The number of carbonyl (C=O) groups is 1. The van der Waals surface area contributed by atoms with Crippen LogP contribution in [-0.2, 0) is 10.1 Å². The fourth-order valence-corrected chi connectivity index (χ4v) is 1.35. The molecule has 0 amide bonds. The molecule has 0 bridgehead atoms. The number of carboxylic acid groups (broad SMARTS) is 1. The molecule has 1 rings (SSSR count). The number of benzene rings is 1. The molecule has 0 spiro atoms. The molecule has 1 aromatic rings. The Kier molecular flexibility index (Phi) is 5.40. The number of carbonyl (C=O) groups excluding carboxylic acids is 1. The summed E-state index contributed by atoms with van der Waals surface area (Å²) >= 11 is 0. The Morgan fingerprint density at radius 2 is 1.87 bits per heavy atom. The molecular weight excluding hydrogens is 251 g/mol. The minimum Gasteiger partial charge on any atom is -0.545 e. The number of phenols is 1. The zero-order valence-corrected chi connectivity index (χ0v) is 11.6. The number of aromatic carboxylic acids is 1. The monoisotopic (exact) mass is 256 g/mol. The SMILES string of the molecule is O=C([O-])c1cc(S(=O)(=O)O)ccc1O.[K+]. The molecule has 0 unspecified atom stereocenters. The van der Waals surface area contributed by atoms with Gasteiger partial charge in [-0.2, -0.15) is 8.42 Å². The van der Waals surface area contributed by atoms with Crippen molar-refractivity contribution in [3.8, 4) is 5.75 Å². The van der Waals surface area contributed by atoms with Crippen molar-refractivity contribution in [3.63, 3.8) is 0 Å². The molecular formula is C7H5KO6S. The molecule has 0 aliphatic heterocycles. The van der Waals surface area contributed by atoms with Crippen LogP contribution in [0, 0.1) is 0 Å². The maximum Gasteiger partial charge on any atom is 1.00 e. The second-order valence-electron chi connectivity index (χ2n) is 2.44. The molecule has 6 nitrogen and oxygen atoms in total. The molecule has 0 aliphatic carbocycles. The minimum absolute atomic E-state index is 0. The quantitative estimate of drug-likeness (QED) is 0.412. The van der Waals surface area contributed by atoms with E-state index >= 15 is 0 Å². The summed E-state index contributed by atoms with van der Waals surface area (Å²) in [5.41, 5.74) is -0.694. The fraction of sp³-hybridized carbons (Fsp3) is 0. The minimum atomic E-state index is -4.48. The van der Waals surface area contributed by atoms with E-state index in [1.165, 1.54) is 0 Å². The number of hydrogen-bond donors (Lipinski definition) is 2. The van der Waals surface area contributed by atoms with E-state index in [2.05, 4.69) is 0 Å². The maximum absolute atomic E-state index is 10.6. The number of rotatable bonds is 2. The summed E-state index contributed by atoms with van der Waals surface area (Å²) in [6, 6.07) is 2.32. The third-order valence-electron chi connectivity index (χ3n) is 1.49. The van der Waals surface area contributed by atoms with E-state index in [1.807, 2.05) is 0 Å². The smallest absolute Gasteiger partial charge is 0.545 e. The first kappa shape index (κ1) is 15.0. The van der Waals surface area contributed by atoms with Gasteiger partial charge in [-0.15, -0.1) is 0 Å². The number of aromatic hydroxyl groups is 1. The van der Waals surface area contributed by atoms with Crippen molar-refractivity contribution in [1.82, 2.24) is 0 Å². The molecule has 0 saturated heterocycles. The van der Waals surface area contributed by atoms with Crippen molar-refractivity contribution in [2.24, 2.45) is 0 Å². The predicted molar refractivity (Wildman–Crippen MR) is 42.3 cm³/mol. The van der Waals surface area contributed by atoms with Crippen LogP contribution in [-0.4, -0.2) is 24.0 Å². The van der Waals surface area contributed by atoms with Crippen LogP contribution in [0.25, 0.3) is 0 Å². The van der Waals surface area contributed by atoms with Crippen LogP contribution in [0.5, 0.6) is 5.75 Å². The molecule has 76 valence electrons. The first-order chi connectivity index (χ1) is 6.32. The van der Waals surface area contributed by atoms with E-state index in [-0.39, 0.29) is 51.4 Å². The van der Waals surface area contributed by atoms with E-state index in [0.717, 1.165) is 12.1 Å². The van der Waals surface area contributed by atoms with Crippen molar-refractivity contribution in [2.45, 2.75) is 4.90 Å². The van der Waals surface area contributed by atoms with Crippen molar-refractivity contribution < 1.29 is 79.4 Å². The Bertz CT molecular complexity index is 480. The zero-order valence-electron chi connectivity index (χ0n) is 7.67. The summed E-state index contributed by atoms with van der Waals surface area (Å²) in [6.45, 7) is 0. The molecule has 8 heteroatoms. The van der Waals surface area contributed by atoms with Gasteiger partial charge in [0.15, 0.2) is 0 Å². The molecule has 0 aromatic heterocycles. The number of hydrogen-bond acceptors (Lipinski definition) is 5. The van der Waals surface area contributed by atoms with Gasteiger partial charge in [-0.25, -0.2) is 0 Å². The van der Waals surface area contributed by atoms with Crippen molar-refractivity contribution >= 4 is 16.1 Å². The second kappa shape index (κ2) is 5.39. The average Bonchev–Trinajstić information content (AvgIpc) is 2.02. The fourth-order valence-electron chi connectivity index (χ4n) is 0.839. The van der Waals surface area contributed by atoms with Gasteiger partial charge in [0.1, 0.15) is 5.75 Å². The van der Waals surface area contributed by atoms with Crippen molar-refractivity contribution in [3.05, 3.63) is 23.8 Å². The molecule has 0 heterocycles. The first-order valence-electron chi connectivity index (χ1n) is 3.34. The summed E-state index contributed by atoms with van der Waals surface area (Å²) in [5, 5.41) is 19.3. The summed E-state index contributed by atoms with van der Waals surface area (Å²) in [6.07, 6.45) is 0. The standard InChI is InChI=1S/C7H6O6S.K/c8-6-2-1-4(14(11,12)13)3-5(6)7(9)10;/h1-3,8H,(H,9,10)(H,11,12,13);/q;+1/p-1. The van der Waals surface area contributed by atoms with Gasteiger partial charge >= 0.3 is 51.4 Å². The van der Waals surface area contributed by atoms with Crippen LogP contribution in [0.1, 0.15) is 10.4 Å². The predicted octanol–water partition coefficient (Wildman–Crippen LogP) is -3.99. The van der Waals surface area contributed by atoms with E-state index in [1.54, 1.807) is 0 Å². The van der Waals surface area contributed by atoms with Gasteiger partial charge in [0.25, 0.3) is 10.1 Å². The molecule has 0 atom stereocenters. The van der Waals surface area contributed by atoms with E-state index < -0.39 is 32.3 Å². The van der Waals surface area contributed by atoms with E-state index in [9.17, 15) is 18.3 Å². The summed E-state index contributed by atoms with van der Waals surface area (Å²) in [5.74, 6) is -2.36. The van der Waals surface area contributed by atoms with Gasteiger partial charge in [0, 0.05) is 5.56 Å². The summed E-state index contributed by atoms with van der Waals surface area (Å²) in [4.78, 5) is 9.74. The average molecular weight is 256 g/mol. The van der Waals surface area contributed by atoms with Gasteiger partial charge in [-0.1, -0.05) is 0 Å². The molecule has 2 N–H and O–H groups in total. The Morgan fingerprint density at radius 3 is 2.27 bits per heavy atom. The van der Waals surface area contributed by atoms with Crippen LogP contribution >= 0.6 is 0 Å². The molecule has 0 fully saturated rings. The molecule has 0 aliphatic rings. The van der Waals surface area contributed by atoms with E-state index in [4.69, 9.17) is 9.66 Å². The maximum atomic E-state index is 10.6. The van der Waals surface area contributed by atoms with Crippen LogP contribution in [0.4, 0.5) is 0 Å². The normalized spacial score (nSPS) is 10.5. The molecule has 15 heavy (non-hydrogen) atoms. The Morgan fingerprint density at radius 1 is 1.33 bits per heavy atom. The van der Waals surface area contributed by atoms with E-state index in [0.29, 0.717) is 6.07 Å². The summed E-state index contributed by atoms with van der Waals surface area (Å²) in [7, 11) is -4.48. The summed E-state index contributed by atoms with van der Waals surface area (Å²) < 4.78 is 29.7. The third-order valence-corrected chi connectivity index (χ3v) is 2.34. The molecule has 0 radical (unpaired) electrons.